The van der Waals surface area contributed by atoms with Crippen LogP contribution >= 0.6 is 0 Å². The van der Waals surface area contributed by atoms with E-state index in [9.17, 15) is 14.9 Å². The quantitative estimate of drug-likeness (QED) is 0.642. The molecule has 1 heterocycles. The van der Waals surface area contributed by atoms with Crippen LogP contribution in [0.5, 0.6) is 5.75 Å². The minimum absolute atomic E-state index is 0.0213. The summed E-state index contributed by atoms with van der Waals surface area (Å²) in [5.41, 5.74) is 0.896. The van der Waals surface area contributed by atoms with Crippen LogP contribution in [0, 0.1) is 16.0 Å². The molecular weight excluding hydrogens is 274 g/mol. The average molecular weight is 291 g/mol. The highest BCUT2D eigenvalue weighted by molar-refractivity contribution is 5.96. The van der Waals surface area contributed by atoms with E-state index in [-0.39, 0.29) is 24.2 Å². The molecule has 1 amide bonds. The fourth-order valence-electron chi connectivity index (χ4n) is 2.70. The Labute approximate surface area is 121 Å². The summed E-state index contributed by atoms with van der Waals surface area (Å²) >= 11 is 0. The van der Waals surface area contributed by atoms with Crippen molar-refractivity contribution in [2.45, 2.75) is 32.2 Å². The summed E-state index contributed by atoms with van der Waals surface area (Å²) in [7, 11) is 0. The van der Waals surface area contributed by atoms with Crippen LogP contribution in [0.25, 0.3) is 0 Å². The molecule has 1 saturated carbocycles. The number of ether oxygens (including phenoxy) is 1. The number of hydrogen-bond acceptors (Lipinski definition) is 5. The zero-order valence-corrected chi connectivity index (χ0v) is 11.7. The van der Waals surface area contributed by atoms with E-state index in [1.165, 1.54) is 6.07 Å². The van der Waals surface area contributed by atoms with Crippen molar-refractivity contribution in [3.8, 4) is 5.75 Å². The number of nitrogens with zero attached hydrogens (tertiary/aromatic N) is 1. The summed E-state index contributed by atoms with van der Waals surface area (Å²) in [6, 6.07) is 3.24. The second kappa shape index (κ2) is 5.23. The highest BCUT2D eigenvalue weighted by Crippen LogP contribution is 2.42. The summed E-state index contributed by atoms with van der Waals surface area (Å²) in [6.45, 7) is 2.02. The molecule has 1 fully saturated rings. The molecule has 1 aliphatic heterocycles. The van der Waals surface area contributed by atoms with Crippen molar-refractivity contribution in [3.63, 3.8) is 0 Å². The molecular formula is C14H17N3O4. The molecule has 7 nitrogen and oxygen atoms in total. The van der Waals surface area contributed by atoms with Gasteiger partial charge in [0.2, 0.25) is 0 Å². The van der Waals surface area contributed by atoms with Gasteiger partial charge in [0.15, 0.2) is 12.4 Å². The molecule has 0 radical (unpaired) electrons. The first-order valence-electron chi connectivity index (χ1n) is 7.10. The Bertz CT molecular complexity index is 602. The van der Waals surface area contributed by atoms with Crippen molar-refractivity contribution in [1.29, 1.82) is 0 Å². The van der Waals surface area contributed by atoms with E-state index in [1.54, 1.807) is 6.07 Å². The van der Waals surface area contributed by atoms with Gasteiger partial charge in [0.05, 0.1) is 16.7 Å². The van der Waals surface area contributed by atoms with E-state index in [0.29, 0.717) is 23.0 Å². The SMILES string of the molecule is CCCC1CC1Nc1cc2c(cc1[N+](=O)[O-])OCC(=O)N2. The second-order valence-electron chi connectivity index (χ2n) is 5.49. The molecule has 2 N–H and O–H groups in total. The number of amides is 1. The molecule has 0 spiro atoms. The van der Waals surface area contributed by atoms with E-state index in [4.69, 9.17) is 4.74 Å². The van der Waals surface area contributed by atoms with Crippen molar-refractivity contribution in [2.75, 3.05) is 17.2 Å². The van der Waals surface area contributed by atoms with E-state index >= 15 is 0 Å². The van der Waals surface area contributed by atoms with Crippen LogP contribution in [0.15, 0.2) is 12.1 Å². The highest BCUT2D eigenvalue weighted by Gasteiger charge is 2.37. The molecule has 3 rings (SSSR count). The molecule has 1 aromatic carbocycles. The van der Waals surface area contributed by atoms with Crippen molar-refractivity contribution in [3.05, 3.63) is 22.2 Å². The second-order valence-corrected chi connectivity index (χ2v) is 5.49. The Morgan fingerprint density at radius 3 is 3.05 bits per heavy atom. The van der Waals surface area contributed by atoms with Gasteiger partial charge in [-0.1, -0.05) is 13.3 Å². The summed E-state index contributed by atoms with van der Waals surface area (Å²) < 4.78 is 5.22. The third-order valence-electron chi connectivity index (χ3n) is 3.85. The number of fused-ring (bicyclic) bond motifs is 1. The largest absolute Gasteiger partial charge is 0.481 e. The van der Waals surface area contributed by atoms with Gasteiger partial charge in [0, 0.05) is 6.04 Å². The van der Waals surface area contributed by atoms with E-state index in [2.05, 4.69) is 17.6 Å². The van der Waals surface area contributed by atoms with Gasteiger partial charge in [-0.25, -0.2) is 0 Å². The lowest BCUT2D eigenvalue weighted by Gasteiger charge is -2.19. The lowest BCUT2D eigenvalue weighted by Crippen LogP contribution is -2.25. The zero-order chi connectivity index (χ0) is 15.0. The fraction of sp³-hybridized carbons (Fsp3) is 0.500. The molecule has 7 heteroatoms. The minimum Gasteiger partial charge on any atom is -0.481 e. The van der Waals surface area contributed by atoms with Gasteiger partial charge in [-0.3, -0.25) is 14.9 Å². The predicted molar refractivity (Wildman–Crippen MR) is 77.6 cm³/mol. The average Bonchev–Trinajstić information content (AvgIpc) is 3.16. The van der Waals surface area contributed by atoms with Crippen LogP contribution in [0.1, 0.15) is 26.2 Å². The third kappa shape index (κ3) is 2.76. The first kappa shape index (κ1) is 13.7. The van der Waals surface area contributed by atoms with Crippen molar-refractivity contribution in [2.24, 2.45) is 5.92 Å². The van der Waals surface area contributed by atoms with Gasteiger partial charge >= 0.3 is 0 Å². The smallest absolute Gasteiger partial charge is 0.296 e. The first-order chi connectivity index (χ1) is 10.1. The molecule has 1 aliphatic carbocycles. The minimum atomic E-state index is -0.431. The predicted octanol–water partition coefficient (Wildman–Crippen LogP) is 2.53. The maximum Gasteiger partial charge on any atom is 0.296 e. The number of benzene rings is 1. The van der Waals surface area contributed by atoms with Gasteiger partial charge in [-0.15, -0.1) is 0 Å². The monoisotopic (exact) mass is 291 g/mol. The number of carbonyl (C=O) groups is 1. The number of hydrogen-bond donors (Lipinski definition) is 2. The van der Waals surface area contributed by atoms with Crippen molar-refractivity contribution < 1.29 is 14.5 Å². The zero-order valence-electron chi connectivity index (χ0n) is 11.7. The first-order valence-corrected chi connectivity index (χ1v) is 7.10. The topological polar surface area (TPSA) is 93.5 Å². The Morgan fingerprint density at radius 1 is 1.52 bits per heavy atom. The van der Waals surface area contributed by atoms with Crippen molar-refractivity contribution >= 4 is 23.0 Å². The number of anilines is 2. The van der Waals surface area contributed by atoms with Crippen LogP contribution in [0.4, 0.5) is 17.1 Å². The molecule has 2 aliphatic rings. The molecule has 112 valence electrons. The van der Waals surface area contributed by atoms with Gasteiger partial charge in [0.1, 0.15) is 5.69 Å². The lowest BCUT2D eigenvalue weighted by molar-refractivity contribution is -0.384. The van der Waals surface area contributed by atoms with Crippen LogP contribution in [-0.4, -0.2) is 23.5 Å². The van der Waals surface area contributed by atoms with E-state index in [1.807, 2.05) is 0 Å². The molecule has 0 aromatic heterocycles. The normalized spacial score (nSPS) is 22.8. The molecule has 1 aromatic rings. The number of rotatable bonds is 5. The van der Waals surface area contributed by atoms with Crippen molar-refractivity contribution in [1.82, 2.24) is 0 Å². The van der Waals surface area contributed by atoms with E-state index < -0.39 is 4.92 Å². The van der Waals surface area contributed by atoms with Crippen LogP contribution in [-0.2, 0) is 4.79 Å². The Kier molecular flexibility index (Phi) is 3.40. The molecule has 21 heavy (non-hydrogen) atoms. The lowest BCUT2D eigenvalue weighted by atomic mass is 10.2. The fourth-order valence-corrected chi connectivity index (χ4v) is 2.70. The third-order valence-corrected chi connectivity index (χ3v) is 3.85. The Morgan fingerprint density at radius 2 is 2.33 bits per heavy atom. The van der Waals surface area contributed by atoms with Crippen LogP contribution < -0.4 is 15.4 Å². The number of nitrogens with one attached hydrogen (secondary N) is 2. The molecule has 0 bridgehead atoms. The maximum absolute atomic E-state index is 11.3. The number of nitro groups is 1. The standard InChI is InChI=1S/C14H17N3O4/c1-2-3-8-4-9(8)15-10-5-11-13(6-12(10)17(19)20)21-7-14(18)16-11/h5-6,8-9,15H,2-4,7H2,1H3,(H,16,18). The number of carbonyl (C=O) groups excluding carboxylic acids is 1. The summed E-state index contributed by atoms with van der Waals surface area (Å²) in [4.78, 5) is 22.1. The molecule has 0 saturated heterocycles. The van der Waals surface area contributed by atoms with Gasteiger partial charge in [-0.05, 0) is 24.8 Å². The number of nitro benzene ring substituents is 1. The summed E-state index contributed by atoms with van der Waals surface area (Å²) in [5.74, 6) is 0.668. The van der Waals surface area contributed by atoms with Gasteiger partial charge in [0.25, 0.3) is 11.6 Å². The van der Waals surface area contributed by atoms with E-state index in [0.717, 1.165) is 19.3 Å². The van der Waals surface area contributed by atoms with Crippen LogP contribution in [0.2, 0.25) is 0 Å². The van der Waals surface area contributed by atoms with Gasteiger partial charge < -0.3 is 15.4 Å². The Balaban J connectivity index is 1.86. The summed E-state index contributed by atoms with van der Waals surface area (Å²) in [5, 5.41) is 17.1. The summed E-state index contributed by atoms with van der Waals surface area (Å²) in [6.07, 6.45) is 3.26. The van der Waals surface area contributed by atoms with Crippen LogP contribution in [0.3, 0.4) is 0 Å². The highest BCUT2D eigenvalue weighted by atomic mass is 16.6. The molecule has 2 unspecified atom stereocenters. The Hall–Kier alpha value is -2.31. The molecule has 2 atom stereocenters. The maximum atomic E-state index is 11.3. The van der Waals surface area contributed by atoms with Gasteiger partial charge in [-0.2, -0.15) is 0 Å².